The molecule has 0 bridgehead atoms. The summed E-state index contributed by atoms with van der Waals surface area (Å²) >= 11 is 0. The minimum Gasteiger partial charge on any atom is -0.444 e. The van der Waals surface area contributed by atoms with Gasteiger partial charge in [0, 0.05) is 36.0 Å². The Balaban J connectivity index is 1.40. The van der Waals surface area contributed by atoms with Crippen LogP contribution in [-0.2, 0) is 6.18 Å². The fraction of sp³-hybridized carbons (Fsp3) is 0.190. The molecule has 3 aromatic heterocycles. The van der Waals surface area contributed by atoms with Crippen molar-refractivity contribution in [2.75, 3.05) is 6.54 Å². The monoisotopic (exact) mass is 461 g/mol. The van der Waals surface area contributed by atoms with Gasteiger partial charge >= 0.3 is 12.1 Å². The van der Waals surface area contributed by atoms with E-state index in [1.807, 2.05) is 6.92 Å². The highest BCUT2D eigenvalue weighted by Crippen LogP contribution is 2.29. The molecule has 0 fully saturated rings. The van der Waals surface area contributed by atoms with E-state index in [9.17, 15) is 22.4 Å². The van der Waals surface area contributed by atoms with E-state index in [4.69, 9.17) is 4.42 Å². The zero-order valence-electron chi connectivity index (χ0n) is 16.9. The van der Waals surface area contributed by atoms with Crippen LogP contribution >= 0.6 is 0 Å². The first-order valence-corrected chi connectivity index (χ1v) is 9.56. The van der Waals surface area contributed by atoms with E-state index in [0.717, 1.165) is 0 Å². The quantitative estimate of drug-likeness (QED) is 0.422. The van der Waals surface area contributed by atoms with Crippen molar-refractivity contribution in [2.45, 2.75) is 19.0 Å². The lowest BCUT2D eigenvalue weighted by Gasteiger charge is -2.10. The second kappa shape index (κ2) is 8.81. The van der Waals surface area contributed by atoms with Gasteiger partial charge in [-0.05, 0) is 30.3 Å². The Morgan fingerprint density at radius 2 is 1.88 bits per heavy atom. The zero-order valence-corrected chi connectivity index (χ0v) is 16.9. The molecule has 0 aliphatic rings. The summed E-state index contributed by atoms with van der Waals surface area (Å²) in [6.45, 7) is 2.01. The molecule has 170 valence electrons. The summed E-state index contributed by atoms with van der Waals surface area (Å²) in [6, 6.07) is 6.98. The molecule has 12 heteroatoms. The van der Waals surface area contributed by atoms with Crippen molar-refractivity contribution in [3.8, 4) is 22.8 Å². The zero-order chi connectivity index (χ0) is 23.6. The molecule has 0 aliphatic heterocycles. The molecule has 3 heterocycles. The van der Waals surface area contributed by atoms with Gasteiger partial charge in [0.15, 0.2) is 0 Å². The number of carbonyl (C=O) groups is 1. The van der Waals surface area contributed by atoms with E-state index in [-0.39, 0.29) is 35.2 Å². The maximum absolute atomic E-state index is 13.1. The van der Waals surface area contributed by atoms with E-state index >= 15 is 0 Å². The molecular formula is C21H15F4N5O3. The van der Waals surface area contributed by atoms with Crippen molar-refractivity contribution in [2.24, 2.45) is 0 Å². The molecule has 0 saturated heterocycles. The Bertz CT molecular complexity index is 1270. The van der Waals surface area contributed by atoms with Gasteiger partial charge in [0.2, 0.25) is 11.7 Å². The number of pyridine rings is 1. The van der Waals surface area contributed by atoms with Gasteiger partial charge < -0.3 is 14.3 Å². The number of halogens is 4. The number of aromatic nitrogens is 4. The number of nitrogens with zero attached hydrogens (tertiary/aromatic N) is 4. The second-order valence-electron chi connectivity index (χ2n) is 7.08. The normalized spacial score (nSPS) is 12.5. The summed E-state index contributed by atoms with van der Waals surface area (Å²) < 4.78 is 60.7. The first-order valence-electron chi connectivity index (χ1n) is 9.56. The predicted molar refractivity (Wildman–Crippen MR) is 105 cm³/mol. The SMILES string of the molecule is CC(CNC(=O)c1cncc(-c2noc(C(F)(F)F)n2)c1)c1coc(-c2ccc(F)cc2)n1. The van der Waals surface area contributed by atoms with Crippen LogP contribution in [0.4, 0.5) is 17.6 Å². The number of hydrogen-bond donors (Lipinski definition) is 1. The maximum atomic E-state index is 13.1. The Hall–Kier alpha value is -4.09. The van der Waals surface area contributed by atoms with Crippen molar-refractivity contribution in [3.05, 3.63) is 72.0 Å². The third-order valence-corrected chi connectivity index (χ3v) is 4.61. The van der Waals surface area contributed by atoms with Gasteiger partial charge in [-0.25, -0.2) is 9.37 Å². The highest BCUT2D eigenvalue weighted by molar-refractivity contribution is 5.94. The van der Waals surface area contributed by atoms with E-state index in [2.05, 4.69) is 29.9 Å². The van der Waals surface area contributed by atoms with Gasteiger partial charge in [-0.15, -0.1) is 0 Å². The van der Waals surface area contributed by atoms with Crippen LogP contribution in [0.15, 0.2) is 57.9 Å². The van der Waals surface area contributed by atoms with Crippen molar-refractivity contribution in [1.82, 2.24) is 25.4 Å². The predicted octanol–water partition coefficient (Wildman–Crippen LogP) is 4.48. The first-order chi connectivity index (χ1) is 15.7. The van der Waals surface area contributed by atoms with Gasteiger partial charge in [-0.2, -0.15) is 18.2 Å². The van der Waals surface area contributed by atoms with Crippen LogP contribution < -0.4 is 5.32 Å². The molecule has 0 aliphatic carbocycles. The molecule has 1 aromatic carbocycles. The summed E-state index contributed by atoms with van der Waals surface area (Å²) in [7, 11) is 0. The highest BCUT2D eigenvalue weighted by Gasteiger charge is 2.38. The lowest BCUT2D eigenvalue weighted by molar-refractivity contribution is -0.159. The van der Waals surface area contributed by atoms with E-state index in [0.29, 0.717) is 17.1 Å². The van der Waals surface area contributed by atoms with Crippen LogP contribution in [0.2, 0.25) is 0 Å². The molecular weight excluding hydrogens is 446 g/mol. The van der Waals surface area contributed by atoms with E-state index in [1.165, 1.54) is 36.9 Å². The summed E-state index contributed by atoms with van der Waals surface area (Å²) in [4.78, 5) is 24.0. The van der Waals surface area contributed by atoms with E-state index < -0.39 is 18.0 Å². The number of carbonyl (C=O) groups excluding carboxylic acids is 1. The molecule has 0 radical (unpaired) electrons. The Morgan fingerprint density at radius 3 is 2.58 bits per heavy atom. The average Bonchev–Trinajstić information content (AvgIpc) is 3.48. The van der Waals surface area contributed by atoms with Gasteiger partial charge in [0.1, 0.15) is 12.1 Å². The number of oxazole rings is 1. The molecule has 1 amide bonds. The molecule has 4 rings (SSSR count). The molecule has 8 nitrogen and oxygen atoms in total. The van der Waals surface area contributed by atoms with Gasteiger partial charge in [-0.1, -0.05) is 12.1 Å². The Kier molecular flexibility index (Phi) is 5.90. The van der Waals surface area contributed by atoms with Crippen LogP contribution in [-0.4, -0.2) is 32.6 Å². The average molecular weight is 461 g/mol. The summed E-state index contributed by atoms with van der Waals surface area (Å²) in [5, 5.41) is 5.99. The number of nitrogens with one attached hydrogen (secondary N) is 1. The van der Waals surface area contributed by atoms with Crippen molar-refractivity contribution in [1.29, 1.82) is 0 Å². The number of amides is 1. The fourth-order valence-corrected chi connectivity index (χ4v) is 2.83. The molecule has 1 N–H and O–H groups in total. The summed E-state index contributed by atoms with van der Waals surface area (Å²) in [5.41, 5.74) is 1.38. The summed E-state index contributed by atoms with van der Waals surface area (Å²) in [5.74, 6) is -2.62. The summed E-state index contributed by atoms with van der Waals surface area (Å²) in [6.07, 6.45) is -0.846. The fourth-order valence-electron chi connectivity index (χ4n) is 2.83. The van der Waals surface area contributed by atoms with Crippen LogP contribution in [0.1, 0.15) is 34.8 Å². The number of rotatable bonds is 6. The number of benzene rings is 1. The molecule has 0 saturated carbocycles. The smallest absolute Gasteiger partial charge is 0.444 e. The molecule has 1 atom stereocenters. The minimum absolute atomic E-state index is 0.0930. The number of alkyl halides is 3. The van der Waals surface area contributed by atoms with Gasteiger partial charge in [0.25, 0.3) is 5.91 Å². The van der Waals surface area contributed by atoms with Crippen LogP contribution in [0.5, 0.6) is 0 Å². The lowest BCUT2D eigenvalue weighted by Crippen LogP contribution is -2.27. The molecule has 33 heavy (non-hydrogen) atoms. The van der Waals surface area contributed by atoms with Gasteiger partial charge in [0.05, 0.1) is 11.3 Å². The van der Waals surface area contributed by atoms with Crippen molar-refractivity contribution >= 4 is 5.91 Å². The minimum atomic E-state index is -4.78. The maximum Gasteiger partial charge on any atom is 0.471 e. The molecule has 0 spiro atoms. The Morgan fingerprint density at radius 1 is 1.12 bits per heavy atom. The van der Waals surface area contributed by atoms with Crippen LogP contribution in [0.3, 0.4) is 0 Å². The Labute approximate surface area is 183 Å². The van der Waals surface area contributed by atoms with Crippen molar-refractivity contribution < 1.29 is 31.3 Å². The van der Waals surface area contributed by atoms with Crippen LogP contribution in [0, 0.1) is 5.82 Å². The second-order valence-corrected chi connectivity index (χ2v) is 7.08. The first kappa shape index (κ1) is 22.1. The largest absolute Gasteiger partial charge is 0.471 e. The third-order valence-electron chi connectivity index (χ3n) is 4.61. The number of hydrogen-bond acceptors (Lipinski definition) is 7. The lowest BCUT2D eigenvalue weighted by atomic mass is 10.1. The molecule has 4 aromatic rings. The molecule has 1 unspecified atom stereocenters. The van der Waals surface area contributed by atoms with Crippen LogP contribution in [0.25, 0.3) is 22.8 Å². The van der Waals surface area contributed by atoms with Crippen molar-refractivity contribution in [3.63, 3.8) is 0 Å². The van der Waals surface area contributed by atoms with E-state index in [1.54, 1.807) is 12.1 Å². The topological polar surface area (TPSA) is 107 Å². The third kappa shape index (κ3) is 5.05. The standard InChI is InChI=1S/C21H15F4N5O3/c1-11(16-10-32-19(28-16)12-2-4-15(22)5-3-12)7-27-18(31)14-6-13(8-26-9-14)17-29-20(33-30-17)21(23,24)25/h2-6,8-11H,7H2,1H3,(H,27,31). The highest BCUT2D eigenvalue weighted by atomic mass is 19.4. The van der Waals surface area contributed by atoms with Gasteiger partial charge in [-0.3, -0.25) is 9.78 Å².